The van der Waals surface area contributed by atoms with Gasteiger partial charge in [-0.25, -0.2) is 4.98 Å². The number of para-hydroxylation sites is 2. The molecule has 8 nitrogen and oxygen atoms in total. The van der Waals surface area contributed by atoms with Gasteiger partial charge in [0.15, 0.2) is 0 Å². The van der Waals surface area contributed by atoms with Crippen LogP contribution in [0.5, 0.6) is 0 Å². The predicted octanol–water partition coefficient (Wildman–Crippen LogP) is 2.61. The molecule has 0 saturated carbocycles. The molecule has 1 fully saturated rings. The topological polar surface area (TPSA) is 104 Å². The summed E-state index contributed by atoms with van der Waals surface area (Å²) in [4.78, 5) is 49.8. The molecule has 1 aliphatic rings. The van der Waals surface area contributed by atoms with Crippen LogP contribution in [0.3, 0.4) is 0 Å². The maximum atomic E-state index is 13.2. The number of benzene rings is 2. The quantitative estimate of drug-likeness (QED) is 0.500. The molecular weight excluding hydrogens is 394 g/mol. The van der Waals surface area contributed by atoms with Crippen molar-refractivity contribution in [3.05, 3.63) is 74.6 Å². The van der Waals surface area contributed by atoms with Crippen molar-refractivity contribution in [3.8, 4) is 0 Å². The van der Waals surface area contributed by atoms with Crippen molar-refractivity contribution in [1.29, 1.82) is 0 Å². The van der Waals surface area contributed by atoms with Gasteiger partial charge < -0.3 is 19.4 Å². The summed E-state index contributed by atoms with van der Waals surface area (Å²) in [5, 5.41) is 0. The molecule has 2 aromatic heterocycles. The number of rotatable bonds is 3. The summed E-state index contributed by atoms with van der Waals surface area (Å²) in [7, 11) is 0. The number of carbonyl (C=O) groups is 1. The van der Waals surface area contributed by atoms with Gasteiger partial charge in [-0.2, -0.15) is 0 Å². The van der Waals surface area contributed by atoms with Gasteiger partial charge in [-0.05, 0) is 50.1 Å². The van der Waals surface area contributed by atoms with Gasteiger partial charge in [-0.15, -0.1) is 0 Å². The van der Waals surface area contributed by atoms with Gasteiger partial charge in [-0.1, -0.05) is 12.1 Å². The number of H-pyrrole nitrogens is 2. The van der Waals surface area contributed by atoms with Crippen LogP contribution in [0.2, 0.25) is 0 Å². The van der Waals surface area contributed by atoms with Gasteiger partial charge in [0.2, 0.25) is 0 Å². The molecule has 1 saturated heterocycles. The highest BCUT2D eigenvalue weighted by Gasteiger charge is 2.27. The molecule has 0 bridgehead atoms. The van der Waals surface area contributed by atoms with Crippen LogP contribution in [-0.2, 0) is 6.54 Å². The molecule has 158 valence electrons. The lowest BCUT2D eigenvalue weighted by molar-refractivity contribution is 0.0705. The number of hydrogen-bond donors (Lipinski definition) is 2. The third kappa shape index (κ3) is 3.34. The fourth-order valence-corrected chi connectivity index (χ4v) is 4.46. The molecule has 8 heteroatoms. The molecule has 2 N–H and O–H groups in total. The number of aromatic nitrogens is 4. The zero-order chi connectivity index (χ0) is 21.5. The van der Waals surface area contributed by atoms with Crippen LogP contribution >= 0.6 is 0 Å². The minimum Gasteiger partial charge on any atom is -0.342 e. The van der Waals surface area contributed by atoms with Crippen LogP contribution < -0.4 is 11.1 Å². The summed E-state index contributed by atoms with van der Waals surface area (Å²) in [5.74, 6) is 0.974. The Morgan fingerprint density at radius 2 is 1.97 bits per heavy atom. The summed E-state index contributed by atoms with van der Waals surface area (Å²) in [6.07, 6.45) is 1.87. The number of nitrogens with one attached hydrogen (secondary N) is 2. The fourth-order valence-electron chi connectivity index (χ4n) is 4.46. The summed E-state index contributed by atoms with van der Waals surface area (Å²) in [6, 6.07) is 13.0. The molecule has 3 heterocycles. The second kappa shape index (κ2) is 7.54. The average Bonchev–Trinajstić information content (AvgIpc) is 3.24. The summed E-state index contributed by atoms with van der Waals surface area (Å²) >= 11 is 0. The molecule has 5 rings (SSSR count). The van der Waals surface area contributed by atoms with Crippen LogP contribution in [0.25, 0.3) is 22.1 Å². The number of aromatic amines is 2. The molecule has 0 spiro atoms. The number of nitrogens with zero attached hydrogens (tertiary/aromatic N) is 3. The first-order valence-electron chi connectivity index (χ1n) is 10.6. The van der Waals surface area contributed by atoms with Crippen molar-refractivity contribution >= 4 is 28.0 Å². The number of piperidine rings is 1. The number of imidazole rings is 1. The van der Waals surface area contributed by atoms with E-state index in [0.717, 1.165) is 29.7 Å². The van der Waals surface area contributed by atoms with E-state index in [9.17, 15) is 14.4 Å². The van der Waals surface area contributed by atoms with E-state index in [-0.39, 0.29) is 11.8 Å². The van der Waals surface area contributed by atoms with Crippen molar-refractivity contribution in [2.75, 3.05) is 13.1 Å². The smallest absolute Gasteiger partial charge is 0.316 e. The van der Waals surface area contributed by atoms with Gasteiger partial charge >= 0.3 is 11.1 Å². The van der Waals surface area contributed by atoms with Gasteiger partial charge in [0.05, 0.1) is 22.1 Å². The highest BCUT2D eigenvalue weighted by atomic mass is 16.2. The van der Waals surface area contributed by atoms with Crippen molar-refractivity contribution in [3.63, 3.8) is 0 Å². The highest BCUT2D eigenvalue weighted by Crippen LogP contribution is 2.28. The molecule has 4 aromatic rings. The SMILES string of the molecule is CCn1c(=O)c(=O)[nH]c2cc(C(=O)N3CCCC(c4nc5ccccc5[nH]4)C3)ccc21. The number of carbonyl (C=O) groups excluding carboxylic acids is 1. The maximum absolute atomic E-state index is 13.2. The first-order valence-corrected chi connectivity index (χ1v) is 10.6. The van der Waals surface area contributed by atoms with Crippen molar-refractivity contribution in [1.82, 2.24) is 24.4 Å². The predicted molar refractivity (Wildman–Crippen MR) is 118 cm³/mol. The normalized spacial score (nSPS) is 16.8. The first-order chi connectivity index (χ1) is 15.0. The summed E-state index contributed by atoms with van der Waals surface area (Å²) < 4.78 is 1.42. The molecule has 1 amide bonds. The van der Waals surface area contributed by atoms with Crippen LogP contribution in [0.1, 0.15) is 41.9 Å². The molecule has 1 unspecified atom stereocenters. The van der Waals surface area contributed by atoms with Crippen molar-refractivity contribution in [2.45, 2.75) is 32.2 Å². The lowest BCUT2D eigenvalue weighted by Crippen LogP contribution is -2.39. The van der Waals surface area contributed by atoms with E-state index in [2.05, 4.69) is 9.97 Å². The number of likely N-dealkylation sites (tertiary alicyclic amines) is 1. The minimum atomic E-state index is -0.679. The Hall–Kier alpha value is -3.68. The Balaban J connectivity index is 1.44. The third-order valence-electron chi connectivity index (χ3n) is 6.04. The molecule has 1 atom stereocenters. The summed E-state index contributed by atoms with van der Waals surface area (Å²) in [6.45, 7) is 3.46. The van der Waals surface area contributed by atoms with E-state index >= 15 is 0 Å². The molecule has 0 aliphatic carbocycles. The zero-order valence-electron chi connectivity index (χ0n) is 17.2. The molecular formula is C23H23N5O3. The second-order valence-corrected chi connectivity index (χ2v) is 7.96. The van der Waals surface area contributed by atoms with Crippen molar-refractivity contribution in [2.24, 2.45) is 0 Å². The Morgan fingerprint density at radius 3 is 2.77 bits per heavy atom. The molecule has 1 aliphatic heterocycles. The van der Waals surface area contributed by atoms with Gasteiger partial charge in [-0.3, -0.25) is 14.4 Å². The Bertz CT molecular complexity index is 1380. The third-order valence-corrected chi connectivity index (χ3v) is 6.04. The fraction of sp³-hybridized carbons (Fsp3) is 0.304. The molecule has 0 radical (unpaired) electrons. The standard InChI is InChI=1S/C23H23N5O3/c1-2-28-19-10-9-14(12-18(19)26-21(29)23(28)31)22(30)27-11-5-6-15(13-27)20-24-16-7-3-4-8-17(16)25-20/h3-4,7-10,12,15H,2,5-6,11,13H2,1H3,(H,24,25)(H,26,29). The van der Waals surface area contributed by atoms with E-state index in [4.69, 9.17) is 4.98 Å². The lowest BCUT2D eigenvalue weighted by Gasteiger charge is -2.32. The number of fused-ring (bicyclic) bond motifs is 2. The van der Waals surface area contributed by atoms with Crippen LogP contribution in [0.15, 0.2) is 52.1 Å². The Kier molecular flexibility index (Phi) is 4.69. The monoisotopic (exact) mass is 417 g/mol. The minimum absolute atomic E-state index is 0.0854. The first kappa shape index (κ1) is 19.3. The van der Waals surface area contributed by atoms with Gasteiger partial charge in [0, 0.05) is 31.1 Å². The average molecular weight is 417 g/mol. The summed E-state index contributed by atoms with van der Waals surface area (Å²) in [5.41, 5.74) is 2.27. The number of hydrogen-bond acceptors (Lipinski definition) is 4. The highest BCUT2D eigenvalue weighted by molar-refractivity contribution is 5.97. The molecule has 31 heavy (non-hydrogen) atoms. The van der Waals surface area contributed by atoms with E-state index in [1.807, 2.05) is 36.1 Å². The Labute approximate surface area is 177 Å². The second-order valence-electron chi connectivity index (χ2n) is 7.96. The van der Waals surface area contributed by atoms with Crippen molar-refractivity contribution < 1.29 is 4.79 Å². The largest absolute Gasteiger partial charge is 0.342 e. The maximum Gasteiger partial charge on any atom is 0.316 e. The Morgan fingerprint density at radius 1 is 1.13 bits per heavy atom. The van der Waals surface area contributed by atoms with Crippen LogP contribution in [-0.4, -0.2) is 43.4 Å². The van der Waals surface area contributed by atoms with E-state index < -0.39 is 11.1 Å². The van der Waals surface area contributed by atoms with E-state index in [0.29, 0.717) is 36.2 Å². The number of aryl methyl sites for hydroxylation is 1. The van der Waals surface area contributed by atoms with E-state index in [1.165, 1.54) is 4.57 Å². The van der Waals surface area contributed by atoms with Crippen LogP contribution in [0.4, 0.5) is 0 Å². The van der Waals surface area contributed by atoms with Gasteiger partial charge in [0.25, 0.3) is 5.91 Å². The van der Waals surface area contributed by atoms with Crippen LogP contribution in [0, 0.1) is 0 Å². The lowest BCUT2D eigenvalue weighted by atomic mass is 9.96. The van der Waals surface area contributed by atoms with Gasteiger partial charge in [0.1, 0.15) is 5.82 Å². The molecule has 2 aromatic carbocycles. The zero-order valence-corrected chi connectivity index (χ0v) is 17.2. The van der Waals surface area contributed by atoms with E-state index in [1.54, 1.807) is 18.2 Å². The number of amides is 1.